The number of hydrogen-bond donors (Lipinski definition) is 2. The first kappa shape index (κ1) is 13.6. The van der Waals surface area contributed by atoms with Crippen LogP contribution in [0, 0.1) is 13.8 Å². The molecule has 0 aliphatic heterocycles. The highest BCUT2D eigenvalue weighted by Crippen LogP contribution is 2.17. The molecule has 4 nitrogen and oxygen atoms in total. The Hall–Kier alpha value is -1.85. The van der Waals surface area contributed by atoms with Gasteiger partial charge in [0.25, 0.3) is 0 Å². The molecule has 1 aromatic carbocycles. The summed E-state index contributed by atoms with van der Waals surface area (Å²) in [7, 11) is -1.45. The third-order valence-electron chi connectivity index (χ3n) is 2.82. The highest BCUT2D eigenvalue weighted by atomic mass is 16.5. The molecule has 2 N–H and O–H groups in total. The minimum atomic E-state index is -1.45. The predicted molar refractivity (Wildman–Crippen MR) is 74.3 cm³/mol. The van der Waals surface area contributed by atoms with E-state index in [2.05, 4.69) is 4.98 Å². The van der Waals surface area contributed by atoms with Crippen molar-refractivity contribution in [1.29, 1.82) is 0 Å². The van der Waals surface area contributed by atoms with E-state index in [0.717, 1.165) is 22.4 Å². The Bertz CT molecular complexity index is 572. The van der Waals surface area contributed by atoms with Gasteiger partial charge in [-0.25, -0.2) is 0 Å². The van der Waals surface area contributed by atoms with Crippen molar-refractivity contribution in [2.45, 2.75) is 20.5 Å². The fourth-order valence-corrected chi connectivity index (χ4v) is 1.85. The molecule has 19 heavy (non-hydrogen) atoms. The first-order valence-electron chi connectivity index (χ1n) is 6.06. The Balaban J connectivity index is 2.07. The third-order valence-corrected chi connectivity index (χ3v) is 2.82. The molecule has 0 aliphatic carbocycles. The number of aryl methyl sites for hydroxylation is 2. The molecule has 0 fully saturated rings. The van der Waals surface area contributed by atoms with Crippen LogP contribution in [0.25, 0.3) is 0 Å². The molecule has 1 heterocycles. The van der Waals surface area contributed by atoms with Gasteiger partial charge in [0.1, 0.15) is 12.4 Å². The number of aromatic nitrogens is 1. The SMILES string of the molecule is Cc1cncc(COc2ccc(B(O)O)cc2C)c1. The summed E-state index contributed by atoms with van der Waals surface area (Å²) in [6.45, 7) is 4.30. The summed E-state index contributed by atoms with van der Waals surface area (Å²) in [6.07, 6.45) is 3.57. The Morgan fingerprint density at radius 3 is 2.58 bits per heavy atom. The number of nitrogens with zero attached hydrogens (tertiary/aromatic N) is 1. The molecule has 0 spiro atoms. The molecule has 0 amide bonds. The van der Waals surface area contributed by atoms with Crippen LogP contribution >= 0.6 is 0 Å². The van der Waals surface area contributed by atoms with Gasteiger partial charge in [-0.1, -0.05) is 12.1 Å². The first-order chi connectivity index (χ1) is 9.06. The summed E-state index contributed by atoms with van der Waals surface area (Å²) < 4.78 is 5.71. The van der Waals surface area contributed by atoms with E-state index in [-0.39, 0.29) is 0 Å². The lowest BCUT2D eigenvalue weighted by Crippen LogP contribution is -2.29. The molecule has 0 unspecified atom stereocenters. The largest absolute Gasteiger partial charge is 0.489 e. The van der Waals surface area contributed by atoms with E-state index in [9.17, 15) is 0 Å². The van der Waals surface area contributed by atoms with Crippen LogP contribution in [-0.2, 0) is 6.61 Å². The van der Waals surface area contributed by atoms with Gasteiger partial charge in [0.05, 0.1) is 0 Å². The quantitative estimate of drug-likeness (QED) is 0.801. The van der Waals surface area contributed by atoms with Crippen LogP contribution in [-0.4, -0.2) is 22.2 Å². The fraction of sp³-hybridized carbons (Fsp3) is 0.214. The van der Waals surface area contributed by atoms with Crippen molar-refractivity contribution in [3.8, 4) is 5.75 Å². The van der Waals surface area contributed by atoms with Gasteiger partial charge >= 0.3 is 7.12 Å². The van der Waals surface area contributed by atoms with Crippen molar-refractivity contribution in [1.82, 2.24) is 4.98 Å². The molecule has 5 heteroatoms. The monoisotopic (exact) mass is 257 g/mol. The maximum atomic E-state index is 9.08. The molecule has 0 bridgehead atoms. The number of rotatable bonds is 4. The van der Waals surface area contributed by atoms with Gasteiger partial charge in [-0.05, 0) is 42.6 Å². The normalized spacial score (nSPS) is 10.3. The molecule has 0 atom stereocenters. The highest BCUT2D eigenvalue weighted by molar-refractivity contribution is 6.58. The van der Waals surface area contributed by atoms with Crippen molar-refractivity contribution in [3.05, 3.63) is 53.3 Å². The zero-order chi connectivity index (χ0) is 13.8. The zero-order valence-electron chi connectivity index (χ0n) is 11.0. The topological polar surface area (TPSA) is 62.6 Å². The van der Waals surface area contributed by atoms with E-state index in [1.54, 1.807) is 30.6 Å². The van der Waals surface area contributed by atoms with Crippen LogP contribution in [0.2, 0.25) is 0 Å². The summed E-state index contributed by atoms with van der Waals surface area (Å²) >= 11 is 0. The van der Waals surface area contributed by atoms with Gasteiger partial charge in [0, 0.05) is 18.0 Å². The van der Waals surface area contributed by atoms with E-state index in [1.165, 1.54) is 0 Å². The van der Waals surface area contributed by atoms with Crippen LogP contribution in [0.3, 0.4) is 0 Å². The molecule has 0 saturated carbocycles. The van der Waals surface area contributed by atoms with Gasteiger partial charge in [-0.3, -0.25) is 4.98 Å². The summed E-state index contributed by atoms with van der Waals surface area (Å²) in [4.78, 5) is 4.11. The van der Waals surface area contributed by atoms with Crippen LogP contribution in [0.5, 0.6) is 5.75 Å². The third kappa shape index (κ3) is 3.56. The Kier molecular flexibility index (Phi) is 4.19. The summed E-state index contributed by atoms with van der Waals surface area (Å²) in [5, 5.41) is 18.2. The number of ether oxygens (including phenoxy) is 1. The van der Waals surface area contributed by atoms with Gasteiger partial charge in [0.2, 0.25) is 0 Å². The summed E-state index contributed by atoms with van der Waals surface area (Å²) in [6, 6.07) is 7.11. The van der Waals surface area contributed by atoms with Crippen LogP contribution < -0.4 is 10.2 Å². The smallest absolute Gasteiger partial charge is 0.488 e. The second kappa shape index (κ2) is 5.86. The van der Waals surface area contributed by atoms with Crippen molar-refractivity contribution in [2.75, 3.05) is 0 Å². The number of benzene rings is 1. The van der Waals surface area contributed by atoms with Crippen molar-refractivity contribution < 1.29 is 14.8 Å². The first-order valence-corrected chi connectivity index (χ1v) is 6.06. The minimum absolute atomic E-state index is 0.441. The number of hydrogen-bond acceptors (Lipinski definition) is 4. The second-order valence-electron chi connectivity index (χ2n) is 4.56. The second-order valence-corrected chi connectivity index (χ2v) is 4.56. The predicted octanol–water partition coefficient (Wildman–Crippen LogP) is 0.957. The van der Waals surface area contributed by atoms with Gasteiger partial charge < -0.3 is 14.8 Å². The van der Waals surface area contributed by atoms with Crippen molar-refractivity contribution in [2.24, 2.45) is 0 Å². The van der Waals surface area contributed by atoms with Crippen molar-refractivity contribution >= 4 is 12.6 Å². The average Bonchev–Trinajstić information content (AvgIpc) is 2.37. The van der Waals surface area contributed by atoms with E-state index >= 15 is 0 Å². The van der Waals surface area contributed by atoms with Gasteiger partial charge in [-0.15, -0.1) is 0 Å². The van der Waals surface area contributed by atoms with Crippen molar-refractivity contribution in [3.63, 3.8) is 0 Å². The van der Waals surface area contributed by atoms with E-state index in [1.807, 2.05) is 19.9 Å². The maximum Gasteiger partial charge on any atom is 0.488 e. The molecule has 0 aliphatic rings. The molecule has 2 rings (SSSR count). The minimum Gasteiger partial charge on any atom is -0.489 e. The molecular weight excluding hydrogens is 241 g/mol. The lowest BCUT2D eigenvalue weighted by atomic mass is 9.79. The molecule has 0 saturated heterocycles. The zero-order valence-corrected chi connectivity index (χ0v) is 11.0. The number of pyridine rings is 1. The van der Waals surface area contributed by atoms with E-state index in [0.29, 0.717) is 12.1 Å². The van der Waals surface area contributed by atoms with Gasteiger partial charge in [0.15, 0.2) is 0 Å². The maximum absolute atomic E-state index is 9.08. The standard InChI is InChI=1S/C14H16BNO3/c1-10-5-12(8-16-7-10)9-19-14-4-3-13(15(17)18)6-11(14)2/h3-8,17-18H,9H2,1-2H3. The Morgan fingerprint density at radius 1 is 1.16 bits per heavy atom. The molecule has 2 aromatic rings. The highest BCUT2D eigenvalue weighted by Gasteiger charge is 2.12. The molecule has 1 aromatic heterocycles. The van der Waals surface area contributed by atoms with Gasteiger partial charge in [-0.2, -0.15) is 0 Å². The van der Waals surface area contributed by atoms with Crippen LogP contribution in [0.4, 0.5) is 0 Å². The van der Waals surface area contributed by atoms with E-state index in [4.69, 9.17) is 14.8 Å². The van der Waals surface area contributed by atoms with Crippen LogP contribution in [0.15, 0.2) is 36.7 Å². The average molecular weight is 257 g/mol. The Morgan fingerprint density at radius 2 is 1.95 bits per heavy atom. The summed E-state index contributed by atoms with van der Waals surface area (Å²) in [5.41, 5.74) is 3.43. The lowest BCUT2D eigenvalue weighted by molar-refractivity contribution is 0.303. The molecular formula is C14H16BNO3. The molecule has 0 radical (unpaired) electrons. The van der Waals surface area contributed by atoms with Crippen LogP contribution in [0.1, 0.15) is 16.7 Å². The molecule has 98 valence electrons. The summed E-state index contributed by atoms with van der Waals surface area (Å²) in [5.74, 6) is 0.728. The lowest BCUT2D eigenvalue weighted by Gasteiger charge is -2.10. The Labute approximate surface area is 112 Å². The van der Waals surface area contributed by atoms with E-state index < -0.39 is 7.12 Å². The fourth-order valence-electron chi connectivity index (χ4n) is 1.85.